The second-order valence-corrected chi connectivity index (χ2v) is 4.43. The van der Waals surface area contributed by atoms with Gasteiger partial charge in [0, 0.05) is 18.1 Å². The van der Waals surface area contributed by atoms with Gasteiger partial charge in [0.15, 0.2) is 5.69 Å². The average molecular weight is 259 g/mol. The molecule has 19 heavy (non-hydrogen) atoms. The molecule has 2 aromatic rings. The van der Waals surface area contributed by atoms with Crippen LogP contribution in [0.4, 0.5) is 5.69 Å². The van der Waals surface area contributed by atoms with Gasteiger partial charge in [-0.25, -0.2) is 4.98 Å². The lowest BCUT2D eigenvalue weighted by molar-refractivity contribution is 0.101. The minimum Gasteiger partial charge on any atom is -0.481 e. The Kier molecular flexibility index (Phi) is 2.91. The van der Waals surface area contributed by atoms with Gasteiger partial charge in [0.2, 0.25) is 5.88 Å². The number of amides is 1. The van der Waals surface area contributed by atoms with Gasteiger partial charge in [0.25, 0.3) is 5.91 Å². The molecule has 2 aromatic heterocycles. The zero-order chi connectivity index (χ0) is 13.2. The molecule has 0 aliphatic heterocycles. The molecule has 0 spiro atoms. The summed E-state index contributed by atoms with van der Waals surface area (Å²) in [4.78, 5) is 15.9. The van der Waals surface area contributed by atoms with E-state index in [-0.39, 0.29) is 11.6 Å². The lowest BCUT2D eigenvalue weighted by Gasteiger charge is -2.03. The summed E-state index contributed by atoms with van der Waals surface area (Å²) in [6, 6.07) is 5.09. The number of rotatable bonds is 4. The number of nitrogens with one attached hydrogen (secondary N) is 1. The Labute approximate surface area is 109 Å². The Morgan fingerprint density at radius 2 is 2.32 bits per heavy atom. The highest BCUT2D eigenvalue weighted by Gasteiger charge is 2.28. The topological polar surface area (TPSA) is 77.2 Å². The first-order chi connectivity index (χ1) is 9.26. The molecule has 0 bridgehead atoms. The van der Waals surface area contributed by atoms with Gasteiger partial charge in [-0.05, 0) is 18.9 Å². The van der Waals surface area contributed by atoms with E-state index in [4.69, 9.17) is 9.26 Å². The number of aromatic nitrogens is 2. The van der Waals surface area contributed by atoms with Crippen LogP contribution in [-0.2, 0) is 0 Å². The molecule has 0 saturated heterocycles. The average Bonchev–Trinajstić information content (AvgIpc) is 3.17. The molecule has 3 rings (SSSR count). The summed E-state index contributed by atoms with van der Waals surface area (Å²) in [6.07, 6.45) is 3.75. The number of hydrogen-bond donors (Lipinski definition) is 1. The first-order valence-electron chi connectivity index (χ1n) is 6.04. The van der Waals surface area contributed by atoms with Gasteiger partial charge in [0.1, 0.15) is 5.76 Å². The summed E-state index contributed by atoms with van der Waals surface area (Å²) in [6.45, 7) is 0. The fraction of sp³-hybridized carbons (Fsp3) is 0.308. The molecule has 0 radical (unpaired) electrons. The van der Waals surface area contributed by atoms with Crippen molar-refractivity contribution in [3.05, 3.63) is 35.9 Å². The van der Waals surface area contributed by atoms with Crippen LogP contribution < -0.4 is 10.1 Å². The molecule has 98 valence electrons. The van der Waals surface area contributed by atoms with Gasteiger partial charge in [0.05, 0.1) is 19.0 Å². The SMILES string of the molecule is COc1ccc(NC(=O)c2cc(C3CC3)on2)cn1. The summed E-state index contributed by atoms with van der Waals surface area (Å²) < 4.78 is 10.1. The second-order valence-electron chi connectivity index (χ2n) is 4.43. The van der Waals surface area contributed by atoms with E-state index in [2.05, 4.69) is 15.5 Å². The normalized spacial score (nSPS) is 14.2. The molecular formula is C13H13N3O3. The number of methoxy groups -OCH3 is 1. The summed E-state index contributed by atoms with van der Waals surface area (Å²) in [5, 5.41) is 6.48. The highest BCUT2D eigenvalue weighted by molar-refractivity contribution is 6.02. The molecule has 0 atom stereocenters. The van der Waals surface area contributed by atoms with Crippen LogP contribution in [0.1, 0.15) is 35.0 Å². The molecule has 1 saturated carbocycles. The van der Waals surface area contributed by atoms with E-state index < -0.39 is 0 Å². The van der Waals surface area contributed by atoms with Gasteiger partial charge in [-0.2, -0.15) is 0 Å². The van der Waals surface area contributed by atoms with E-state index in [9.17, 15) is 4.79 Å². The predicted octanol–water partition coefficient (Wildman–Crippen LogP) is 2.21. The molecule has 6 nitrogen and oxygen atoms in total. The summed E-state index contributed by atoms with van der Waals surface area (Å²) in [5.41, 5.74) is 0.875. The number of pyridine rings is 1. The standard InChI is InChI=1S/C13H13N3O3/c1-18-12-5-4-9(7-14-12)15-13(17)10-6-11(19-16-10)8-2-3-8/h4-8H,2-3H2,1H3,(H,15,17). The van der Waals surface area contributed by atoms with Gasteiger partial charge in [-0.1, -0.05) is 5.16 Å². The third-order valence-corrected chi connectivity index (χ3v) is 2.94. The Morgan fingerprint density at radius 3 is 2.95 bits per heavy atom. The molecule has 1 amide bonds. The Balaban J connectivity index is 1.68. The Hall–Kier alpha value is -2.37. The third-order valence-electron chi connectivity index (χ3n) is 2.94. The van der Waals surface area contributed by atoms with E-state index in [1.165, 1.54) is 13.3 Å². The largest absolute Gasteiger partial charge is 0.481 e. The van der Waals surface area contributed by atoms with Crippen molar-refractivity contribution in [1.29, 1.82) is 0 Å². The van der Waals surface area contributed by atoms with E-state index in [1.807, 2.05) is 0 Å². The molecule has 2 heterocycles. The van der Waals surface area contributed by atoms with Gasteiger partial charge in [-0.3, -0.25) is 4.79 Å². The minimum atomic E-state index is -0.303. The van der Waals surface area contributed by atoms with E-state index >= 15 is 0 Å². The molecule has 6 heteroatoms. The molecular weight excluding hydrogens is 246 g/mol. The highest BCUT2D eigenvalue weighted by atomic mass is 16.5. The van der Waals surface area contributed by atoms with Crippen LogP contribution in [-0.4, -0.2) is 23.2 Å². The van der Waals surface area contributed by atoms with Crippen molar-refractivity contribution < 1.29 is 14.1 Å². The van der Waals surface area contributed by atoms with Crippen molar-refractivity contribution in [3.63, 3.8) is 0 Å². The summed E-state index contributed by atoms with van der Waals surface area (Å²) >= 11 is 0. The maximum absolute atomic E-state index is 11.9. The fourth-order valence-corrected chi connectivity index (χ4v) is 1.73. The lowest BCUT2D eigenvalue weighted by atomic mass is 10.2. The number of hydrogen-bond acceptors (Lipinski definition) is 5. The summed E-state index contributed by atoms with van der Waals surface area (Å²) in [7, 11) is 1.54. The monoisotopic (exact) mass is 259 g/mol. The summed E-state index contributed by atoms with van der Waals surface area (Å²) in [5.74, 6) is 1.42. The van der Waals surface area contributed by atoms with Crippen molar-refractivity contribution in [1.82, 2.24) is 10.1 Å². The van der Waals surface area contributed by atoms with Crippen molar-refractivity contribution in [2.45, 2.75) is 18.8 Å². The highest BCUT2D eigenvalue weighted by Crippen LogP contribution is 2.40. The van der Waals surface area contributed by atoms with Crippen LogP contribution in [0, 0.1) is 0 Å². The van der Waals surface area contributed by atoms with Crippen LogP contribution >= 0.6 is 0 Å². The predicted molar refractivity (Wildman–Crippen MR) is 67.2 cm³/mol. The van der Waals surface area contributed by atoms with Crippen molar-refractivity contribution in [3.8, 4) is 5.88 Å². The maximum Gasteiger partial charge on any atom is 0.277 e. The first-order valence-corrected chi connectivity index (χ1v) is 6.04. The Morgan fingerprint density at radius 1 is 1.47 bits per heavy atom. The van der Waals surface area contributed by atoms with Crippen LogP contribution in [0.25, 0.3) is 0 Å². The number of ether oxygens (including phenoxy) is 1. The maximum atomic E-state index is 11.9. The van der Waals surface area contributed by atoms with Crippen LogP contribution in [0.2, 0.25) is 0 Å². The molecule has 0 aromatic carbocycles. The second kappa shape index (κ2) is 4.72. The van der Waals surface area contributed by atoms with Crippen molar-refractivity contribution >= 4 is 11.6 Å². The third kappa shape index (κ3) is 2.57. The van der Waals surface area contributed by atoms with Gasteiger partial charge in [-0.15, -0.1) is 0 Å². The molecule has 1 N–H and O–H groups in total. The minimum absolute atomic E-state index is 0.290. The quantitative estimate of drug-likeness (QED) is 0.910. The molecule has 1 aliphatic rings. The van der Waals surface area contributed by atoms with Crippen LogP contribution in [0.3, 0.4) is 0 Å². The number of carbonyl (C=O) groups is 1. The number of nitrogens with zero attached hydrogens (tertiary/aromatic N) is 2. The van der Waals surface area contributed by atoms with Crippen LogP contribution in [0.15, 0.2) is 28.9 Å². The van der Waals surface area contributed by atoms with E-state index in [0.717, 1.165) is 18.6 Å². The van der Waals surface area contributed by atoms with Crippen molar-refractivity contribution in [2.24, 2.45) is 0 Å². The van der Waals surface area contributed by atoms with Crippen LogP contribution in [0.5, 0.6) is 5.88 Å². The van der Waals surface area contributed by atoms with Crippen molar-refractivity contribution in [2.75, 3.05) is 12.4 Å². The lowest BCUT2D eigenvalue weighted by Crippen LogP contribution is -2.12. The smallest absolute Gasteiger partial charge is 0.277 e. The van der Waals surface area contributed by atoms with Gasteiger partial charge < -0.3 is 14.6 Å². The Bertz CT molecular complexity index is 587. The fourth-order valence-electron chi connectivity index (χ4n) is 1.73. The molecule has 0 unspecified atom stereocenters. The van der Waals surface area contributed by atoms with E-state index in [1.54, 1.807) is 18.2 Å². The van der Waals surface area contributed by atoms with E-state index in [0.29, 0.717) is 17.5 Å². The zero-order valence-electron chi connectivity index (χ0n) is 10.4. The molecule has 1 fully saturated rings. The number of anilines is 1. The number of carbonyl (C=O) groups excluding carboxylic acids is 1. The van der Waals surface area contributed by atoms with Gasteiger partial charge >= 0.3 is 0 Å². The molecule has 1 aliphatic carbocycles. The zero-order valence-corrected chi connectivity index (χ0v) is 10.4. The first kappa shape index (κ1) is 11.7.